The summed E-state index contributed by atoms with van der Waals surface area (Å²) in [5.41, 5.74) is 3.43. The zero-order chi connectivity index (χ0) is 19.6. The number of para-hydroxylation sites is 1. The molecule has 0 atom stereocenters. The van der Waals surface area contributed by atoms with Crippen LogP contribution < -0.4 is 10.1 Å². The quantitative estimate of drug-likeness (QED) is 0.643. The van der Waals surface area contributed by atoms with Crippen LogP contribution in [0.15, 0.2) is 42.5 Å². The fourth-order valence-electron chi connectivity index (χ4n) is 2.88. The first-order valence-electron chi connectivity index (χ1n) is 8.33. The molecule has 140 valence electrons. The molecule has 0 aliphatic carbocycles. The monoisotopic (exact) mass is 403 g/mol. The van der Waals surface area contributed by atoms with Crippen molar-refractivity contribution >= 4 is 34.8 Å². The fourth-order valence-corrected chi connectivity index (χ4v) is 3.39. The van der Waals surface area contributed by atoms with E-state index in [4.69, 9.17) is 27.9 Å². The van der Waals surface area contributed by atoms with Crippen molar-refractivity contribution in [1.82, 2.24) is 9.78 Å². The minimum atomic E-state index is -0.256. The lowest BCUT2D eigenvalue weighted by Crippen LogP contribution is -2.14. The summed E-state index contributed by atoms with van der Waals surface area (Å²) in [4.78, 5) is 12.7. The zero-order valence-electron chi connectivity index (χ0n) is 15.2. The number of nitrogens with one attached hydrogen (secondary N) is 1. The van der Waals surface area contributed by atoms with E-state index in [1.54, 1.807) is 41.1 Å². The minimum Gasteiger partial charge on any atom is -0.496 e. The molecule has 0 spiro atoms. The highest BCUT2D eigenvalue weighted by Gasteiger charge is 2.18. The van der Waals surface area contributed by atoms with Crippen molar-refractivity contribution in [1.29, 1.82) is 0 Å². The Hall–Kier alpha value is -2.50. The minimum absolute atomic E-state index is 0.256. The van der Waals surface area contributed by atoms with Gasteiger partial charge in [0.2, 0.25) is 0 Å². The molecule has 0 fully saturated rings. The molecule has 0 aliphatic rings. The second-order valence-electron chi connectivity index (χ2n) is 6.06. The third kappa shape index (κ3) is 3.94. The Kier molecular flexibility index (Phi) is 5.73. The standard InChI is InChI=1S/C20H19Cl2N3O2/c1-12-19(23-20(26)14-7-4-5-10-18(14)27-3)13(2)25(24-12)11-15-16(21)8-6-9-17(15)22/h4-10H,11H2,1-3H3,(H,23,26). The highest BCUT2D eigenvalue weighted by atomic mass is 35.5. The molecule has 0 saturated carbocycles. The Morgan fingerprint density at radius 1 is 1.11 bits per heavy atom. The van der Waals surface area contributed by atoms with E-state index >= 15 is 0 Å². The molecule has 27 heavy (non-hydrogen) atoms. The van der Waals surface area contributed by atoms with Crippen LogP contribution in [0.5, 0.6) is 5.75 Å². The van der Waals surface area contributed by atoms with Gasteiger partial charge in [0.15, 0.2) is 0 Å². The van der Waals surface area contributed by atoms with Crippen LogP contribution in [-0.4, -0.2) is 22.8 Å². The Bertz CT molecular complexity index is 979. The highest BCUT2D eigenvalue weighted by molar-refractivity contribution is 6.36. The van der Waals surface area contributed by atoms with Crippen molar-refractivity contribution in [3.05, 3.63) is 75.0 Å². The predicted octanol–water partition coefficient (Wildman–Crippen LogP) is 5.12. The molecule has 2 aromatic carbocycles. The van der Waals surface area contributed by atoms with Crippen LogP contribution >= 0.6 is 23.2 Å². The lowest BCUT2D eigenvalue weighted by Gasteiger charge is -2.11. The van der Waals surface area contributed by atoms with Crippen molar-refractivity contribution in [2.75, 3.05) is 12.4 Å². The van der Waals surface area contributed by atoms with Gasteiger partial charge in [0.25, 0.3) is 5.91 Å². The average Bonchev–Trinajstić information content (AvgIpc) is 2.92. The van der Waals surface area contributed by atoms with Gasteiger partial charge >= 0.3 is 0 Å². The van der Waals surface area contributed by atoms with Crippen molar-refractivity contribution in [2.24, 2.45) is 0 Å². The number of methoxy groups -OCH3 is 1. The second kappa shape index (κ2) is 8.03. The summed E-state index contributed by atoms with van der Waals surface area (Å²) in [6.07, 6.45) is 0. The summed E-state index contributed by atoms with van der Waals surface area (Å²) in [6, 6.07) is 12.5. The molecular weight excluding hydrogens is 385 g/mol. The number of rotatable bonds is 5. The van der Waals surface area contributed by atoms with Crippen LogP contribution in [0, 0.1) is 13.8 Å². The molecule has 0 unspecified atom stereocenters. The number of anilines is 1. The van der Waals surface area contributed by atoms with Gasteiger partial charge in [-0.05, 0) is 38.1 Å². The van der Waals surface area contributed by atoms with Gasteiger partial charge in [0.1, 0.15) is 5.75 Å². The molecule has 1 amide bonds. The molecule has 1 N–H and O–H groups in total. The van der Waals surface area contributed by atoms with Gasteiger partial charge < -0.3 is 10.1 Å². The summed E-state index contributed by atoms with van der Waals surface area (Å²) in [7, 11) is 1.54. The largest absolute Gasteiger partial charge is 0.496 e. The number of carbonyl (C=O) groups is 1. The Balaban J connectivity index is 1.89. The summed E-state index contributed by atoms with van der Waals surface area (Å²) in [5, 5.41) is 8.62. The number of nitrogens with zero attached hydrogens (tertiary/aromatic N) is 2. The van der Waals surface area contributed by atoms with Gasteiger partial charge in [-0.25, -0.2) is 0 Å². The van der Waals surface area contributed by atoms with E-state index in [-0.39, 0.29) is 5.91 Å². The number of amides is 1. The van der Waals surface area contributed by atoms with E-state index in [2.05, 4.69) is 10.4 Å². The maximum Gasteiger partial charge on any atom is 0.259 e. The van der Waals surface area contributed by atoms with Crippen LogP contribution in [0.25, 0.3) is 0 Å². The molecule has 1 aromatic heterocycles. The number of ether oxygens (including phenoxy) is 1. The molecule has 0 bridgehead atoms. The van der Waals surface area contributed by atoms with Crippen molar-refractivity contribution in [3.63, 3.8) is 0 Å². The number of hydrogen-bond donors (Lipinski definition) is 1. The van der Waals surface area contributed by atoms with Crippen LogP contribution in [0.4, 0.5) is 5.69 Å². The highest BCUT2D eigenvalue weighted by Crippen LogP contribution is 2.28. The van der Waals surface area contributed by atoms with Crippen LogP contribution in [-0.2, 0) is 6.54 Å². The molecular formula is C20H19Cl2N3O2. The van der Waals surface area contributed by atoms with Crippen LogP contribution in [0.3, 0.4) is 0 Å². The predicted molar refractivity (Wildman–Crippen MR) is 108 cm³/mol. The number of aryl methyl sites for hydroxylation is 1. The Morgan fingerprint density at radius 3 is 2.44 bits per heavy atom. The molecule has 1 heterocycles. The first kappa shape index (κ1) is 19.3. The summed E-state index contributed by atoms with van der Waals surface area (Å²) < 4.78 is 7.04. The van der Waals surface area contributed by atoms with Crippen molar-refractivity contribution < 1.29 is 9.53 Å². The fraction of sp³-hybridized carbons (Fsp3) is 0.200. The number of hydrogen-bond acceptors (Lipinski definition) is 3. The lowest BCUT2D eigenvalue weighted by atomic mass is 10.1. The van der Waals surface area contributed by atoms with E-state index in [9.17, 15) is 4.79 Å². The summed E-state index contributed by atoms with van der Waals surface area (Å²) >= 11 is 12.5. The van der Waals surface area contributed by atoms with Gasteiger partial charge in [-0.2, -0.15) is 5.10 Å². The maximum atomic E-state index is 12.7. The van der Waals surface area contributed by atoms with Gasteiger partial charge in [0, 0.05) is 15.6 Å². The molecule has 0 aliphatic heterocycles. The van der Waals surface area contributed by atoms with E-state index in [1.165, 1.54) is 7.11 Å². The first-order chi connectivity index (χ1) is 12.9. The number of carbonyl (C=O) groups excluding carboxylic acids is 1. The van der Waals surface area contributed by atoms with E-state index in [1.807, 2.05) is 19.9 Å². The van der Waals surface area contributed by atoms with E-state index in [0.717, 1.165) is 11.3 Å². The summed E-state index contributed by atoms with van der Waals surface area (Å²) in [6.45, 7) is 4.15. The van der Waals surface area contributed by atoms with Crippen LogP contribution in [0.1, 0.15) is 27.3 Å². The van der Waals surface area contributed by atoms with Gasteiger partial charge in [-0.1, -0.05) is 41.4 Å². The summed E-state index contributed by atoms with van der Waals surface area (Å²) in [5.74, 6) is 0.259. The van der Waals surface area contributed by atoms with Crippen LogP contribution in [0.2, 0.25) is 10.0 Å². The molecule has 0 radical (unpaired) electrons. The molecule has 3 rings (SSSR count). The smallest absolute Gasteiger partial charge is 0.259 e. The molecule has 7 heteroatoms. The van der Waals surface area contributed by atoms with Gasteiger partial charge in [-0.15, -0.1) is 0 Å². The van der Waals surface area contributed by atoms with Crippen molar-refractivity contribution in [3.8, 4) is 5.75 Å². The van der Waals surface area contributed by atoms with E-state index < -0.39 is 0 Å². The molecule has 0 saturated heterocycles. The number of aromatic nitrogens is 2. The SMILES string of the molecule is COc1ccccc1C(=O)Nc1c(C)nn(Cc2c(Cl)cccc2Cl)c1C. The third-order valence-corrected chi connectivity index (χ3v) is 5.05. The molecule has 5 nitrogen and oxygen atoms in total. The maximum absolute atomic E-state index is 12.7. The topological polar surface area (TPSA) is 56.1 Å². The average molecular weight is 404 g/mol. The van der Waals surface area contributed by atoms with Gasteiger partial charge in [0.05, 0.1) is 36.3 Å². The lowest BCUT2D eigenvalue weighted by molar-refractivity contribution is 0.102. The first-order valence-corrected chi connectivity index (χ1v) is 9.09. The number of benzene rings is 2. The molecule has 3 aromatic rings. The Morgan fingerprint density at radius 2 is 1.78 bits per heavy atom. The van der Waals surface area contributed by atoms with Crippen molar-refractivity contribution in [2.45, 2.75) is 20.4 Å². The second-order valence-corrected chi connectivity index (χ2v) is 6.87. The Labute approximate surface area is 167 Å². The normalized spacial score (nSPS) is 10.7. The van der Waals surface area contributed by atoms with E-state index in [0.29, 0.717) is 39.3 Å². The van der Waals surface area contributed by atoms with Gasteiger partial charge in [-0.3, -0.25) is 9.48 Å². The zero-order valence-corrected chi connectivity index (χ0v) is 16.7. The number of halogens is 2. The third-order valence-electron chi connectivity index (χ3n) is 4.34.